The van der Waals surface area contributed by atoms with E-state index in [2.05, 4.69) is 22.5 Å². The fourth-order valence-electron chi connectivity index (χ4n) is 2.07. The Hall–Kier alpha value is -2.36. The standard InChI is InChI=1S/C17H21N3O/c1-4-13-8-5-6-9-14(13)20-17(21)15-10-7-11-16(19-15)18-12(2)3/h5-12H,4H2,1-3H3,(H,18,19)(H,20,21). The number of benzene rings is 1. The van der Waals surface area contributed by atoms with Gasteiger partial charge in [-0.3, -0.25) is 4.79 Å². The number of nitrogens with zero attached hydrogens (tertiary/aromatic N) is 1. The number of hydrogen-bond acceptors (Lipinski definition) is 3. The quantitative estimate of drug-likeness (QED) is 0.879. The molecule has 0 aliphatic carbocycles. The van der Waals surface area contributed by atoms with Crippen LogP contribution < -0.4 is 10.6 Å². The molecule has 0 saturated carbocycles. The van der Waals surface area contributed by atoms with E-state index >= 15 is 0 Å². The van der Waals surface area contributed by atoms with E-state index in [1.807, 2.05) is 50.2 Å². The van der Waals surface area contributed by atoms with Gasteiger partial charge in [-0.25, -0.2) is 4.98 Å². The van der Waals surface area contributed by atoms with Crippen molar-refractivity contribution in [2.45, 2.75) is 33.2 Å². The number of hydrogen-bond donors (Lipinski definition) is 2. The molecule has 1 amide bonds. The molecule has 2 N–H and O–H groups in total. The number of carbonyl (C=O) groups excluding carboxylic acids is 1. The van der Waals surface area contributed by atoms with Crippen LogP contribution in [0.15, 0.2) is 42.5 Å². The number of para-hydroxylation sites is 1. The largest absolute Gasteiger partial charge is 0.368 e. The van der Waals surface area contributed by atoms with Crippen LogP contribution in [0.2, 0.25) is 0 Å². The van der Waals surface area contributed by atoms with Gasteiger partial charge in [-0.05, 0) is 44.0 Å². The van der Waals surface area contributed by atoms with Gasteiger partial charge in [-0.15, -0.1) is 0 Å². The highest BCUT2D eigenvalue weighted by Gasteiger charge is 2.10. The number of amides is 1. The number of aromatic nitrogens is 1. The lowest BCUT2D eigenvalue weighted by Gasteiger charge is -2.11. The zero-order valence-corrected chi connectivity index (χ0v) is 12.7. The van der Waals surface area contributed by atoms with Gasteiger partial charge in [0, 0.05) is 11.7 Å². The summed E-state index contributed by atoms with van der Waals surface area (Å²) in [5.41, 5.74) is 2.36. The smallest absolute Gasteiger partial charge is 0.274 e. The molecule has 1 aromatic carbocycles. The van der Waals surface area contributed by atoms with Crippen LogP contribution in [-0.4, -0.2) is 16.9 Å². The molecule has 0 aliphatic rings. The predicted octanol–water partition coefficient (Wildman–Crippen LogP) is 3.72. The van der Waals surface area contributed by atoms with Crippen molar-refractivity contribution < 1.29 is 4.79 Å². The van der Waals surface area contributed by atoms with Gasteiger partial charge in [0.1, 0.15) is 11.5 Å². The van der Waals surface area contributed by atoms with Crippen LogP contribution in [0.4, 0.5) is 11.5 Å². The minimum Gasteiger partial charge on any atom is -0.368 e. The number of nitrogens with one attached hydrogen (secondary N) is 2. The zero-order chi connectivity index (χ0) is 15.2. The van der Waals surface area contributed by atoms with E-state index in [9.17, 15) is 4.79 Å². The SMILES string of the molecule is CCc1ccccc1NC(=O)c1cccc(NC(C)C)n1. The van der Waals surface area contributed by atoms with Gasteiger partial charge in [-0.2, -0.15) is 0 Å². The van der Waals surface area contributed by atoms with Crippen molar-refractivity contribution in [1.29, 1.82) is 0 Å². The first kappa shape index (κ1) is 15.0. The highest BCUT2D eigenvalue weighted by molar-refractivity contribution is 6.03. The van der Waals surface area contributed by atoms with Crippen LogP contribution in [0.5, 0.6) is 0 Å². The van der Waals surface area contributed by atoms with E-state index < -0.39 is 0 Å². The maximum Gasteiger partial charge on any atom is 0.274 e. The summed E-state index contributed by atoms with van der Waals surface area (Å²) in [6, 6.07) is 13.5. The summed E-state index contributed by atoms with van der Waals surface area (Å²) >= 11 is 0. The molecule has 0 bridgehead atoms. The molecule has 4 heteroatoms. The summed E-state index contributed by atoms with van der Waals surface area (Å²) in [4.78, 5) is 16.7. The van der Waals surface area contributed by atoms with Crippen molar-refractivity contribution in [3.05, 3.63) is 53.7 Å². The number of aryl methyl sites for hydroxylation is 1. The van der Waals surface area contributed by atoms with Crippen LogP contribution in [-0.2, 0) is 6.42 Å². The topological polar surface area (TPSA) is 54.0 Å². The first-order valence-electron chi connectivity index (χ1n) is 7.23. The summed E-state index contributed by atoms with van der Waals surface area (Å²) in [5.74, 6) is 0.518. The number of carbonyl (C=O) groups is 1. The third-order valence-corrected chi connectivity index (χ3v) is 3.06. The van der Waals surface area contributed by atoms with E-state index in [1.54, 1.807) is 6.07 Å². The Kier molecular flexibility index (Phi) is 4.93. The van der Waals surface area contributed by atoms with E-state index in [4.69, 9.17) is 0 Å². The molecular weight excluding hydrogens is 262 g/mol. The molecule has 21 heavy (non-hydrogen) atoms. The Labute approximate surface area is 125 Å². The lowest BCUT2D eigenvalue weighted by Crippen LogP contribution is -2.17. The fourth-order valence-corrected chi connectivity index (χ4v) is 2.07. The fraction of sp³-hybridized carbons (Fsp3) is 0.294. The van der Waals surface area contributed by atoms with Crippen molar-refractivity contribution in [2.75, 3.05) is 10.6 Å². The molecule has 4 nitrogen and oxygen atoms in total. The molecule has 110 valence electrons. The Morgan fingerprint density at radius 3 is 2.62 bits per heavy atom. The lowest BCUT2D eigenvalue weighted by atomic mass is 10.1. The van der Waals surface area contributed by atoms with E-state index in [0.717, 1.165) is 17.7 Å². The predicted molar refractivity (Wildman–Crippen MR) is 86.8 cm³/mol. The average Bonchev–Trinajstić information content (AvgIpc) is 2.47. The van der Waals surface area contributed by atoms with Gasteiger partial charge in [0.15, 0.2) is 0 Å². The molecule has 1 heterocycles. The Balaban J connectivity index is 2.16. The van der Waals surface area contributed by atoms with Crippen molar-refractivity contribution in [3.8, 4) is 0 Å². The third kappa shape index (κ3) is 4.05. The zero-order valence-electron chi connectivity index (χ0n) is 12.7. The van der Waals surface area contributed by atoms with Crippen LogP contribution >= 0.6 is 0 Å². The number of anilines is 2. The highest BCUT2D eigenvalue weighted by Crippen LogP contribution is 2.16. The Morgan fingerprint density at radius 2 is 1.90 bits per heavy atom. The monoisotopic (exact) mass is 283 g/mol. The Bertz CT molecular complexity index is 623. The lowest BCUT2D eigenvalue weighted by molar-refractivity contribution is 0.102. The molecule has 1 aromatic heterocycles. The summed E-state index contributed by atoms with van der Waals surface area (Å²) in [7, 11) is 0. The molecule has 0 radical (unpaired) electrons. The summed E-state index contributed by atoms with van der Waals surface area (Å²) in [5, 5.41) is 6.12. The number of pyridine rings is 1. The van der Waals surface area contributed by atoms with E-state index in [-0.39, 0.29) is 11.9 Å². The molecule has 2 aromatic rings. The van der Waals surface area contributed by atoms with Crippen molar-refractivity contribution in [2.24, 2.45) is 0 Å². The molecule has 0 saturated heterocycles. The van der Waals surface area contributed by atoms with E-state index in [0.29, 0.717) is 11.5 Å². The molecule has 0 atom stereocenters. The van der Waals surface area contributed by atoms with Gasteiger partial charge in [0.25, 0.3) is 5.91 Å². The molecule has 0 unspecified atom stereocenters. The maximum atomic E-state index is 12.3. The summed E-state index contributed by atoms with van der Waals surface area (Å²) in [6.45, 7) is 6.13. The van der Waals surface area contributed by atoms with Gasteiger partial charge in [0.2, 0.25) is 0 Å². The van der Waals surface area contributed by atoms with Gasteiger partial charge in [-0.1, -0.05) is 31.2 Å². The first-order valence-corrected chi connectivity index (χ1v) is 7.23. The number of rotatable bonds is 5. The normalized spacial score (nSPS) is 10.5. The summed E-state index contributed by atoms with van der Waals surface area (Å²) < 4.78 is 0. The maximum absolute atomic E-state index is 12.3. The minimum absolute atomic E-state index is 0.191. The van der Waals surface area contributed by atoms with Crippen LogP contribution in [0.25, 0.3) is 0 Å². The second kappa shape index (κ2) is 6.88. The van der Waals surface area contributed by atoms with E-state index in [1.165, 1.54) is 0 Å². The summed E-state index contributed by atoms with van der Waals surface area (Å²) in [6.07, 6.45) is 0.874. The van der Waals surface area contributed by atoms with Crippen LogP contribution in [0, 0.1) is 0 Å². The first-order chi connectivity index (χ1) is 10.1. The van der Waals surface area contributed by atoms with Crippen molar-refractivity contribution >= 4 is 17.4 Å². The molecule has 0 spiro atoms. The minimum atomic E-state index is -0.191. The van der Waals surface area contributed by atoms with Gasteiger partial charge < -0.3 is 10.6 Å². The average molecular weight is 283 g/mol. The van der Waals surface area contributed by atoms with Crippen LogP contribution in [0.1, 0.15) is 36.8 Å². The van der Waals surface area contributed by atoms with Gasteiger partial charge in [0.05, 0.1) is 0 Å². The molecular formula is C17H21N3O. The van der Waals surface area contributed by atoms with Crippen molar-refractivity contribution in [1.82, 2.24) is 4.98 Å². The molecule has 0 aliphatic heterocycles. The van der Waals surface area contributed by atoms with Crippen molar-refractivity contribution in [3.63, 3.8) is 0 Å². The second-order valence-corrected chi connectivity index (χ2v) is 5.17. The molecule has 2 rings (SSSR count). The highest BCUT2D eigenvalue weighted by atomic mass is 16.1. The van der Waals surface area contributed by atoms with Crippen LogP contribution in [0.3, 0.4) is 0 Å². The van der Waals surface area contributed by atoms with Gasteiger partial charge >= 0.3 is 0 Å². The second-order valence-electron chi connectivity index (χ2n) is 5.17. The molecule has 0 fully saturated rings. The third-order valence-electron chi connectivity index (χ3n) is 3.06. The Morgan fingerprint density at radius 1 is 1.14 bits per heavy atom.